The van der Waals surface area contributed by atoms with E-state index in [4.69, 9.17) is 9.47 Å². The van der Waals surface area contributed by atoms with Crippen molar-refractivity contribution in [2.45, 2.75) is 12.0 Å². The monoisotopic (exact) mass is 163 g/mol. The van der Waals surface area contributed by atoms with Gasteiger partial charge in [0.15, 0.2) is 0 Å². The summed E-state index contributed by atoms with van der Waals surface area (Å²) in [5, 5.41) is 0. The third-order valence-corrected chi connectivity index (χ3v) is 2.53. The standard InChI is InChI=1S/C9H9NO2/c1-3-10-5-7-8(1)11-4-2-9(7)6-12-9/h1,3,5H,2,4,6H2. The third kappa shape index (κ3) is 0.716. The molecule has 1 atom stereocenters. The lowest BCUT2D eigenvalue weighted by molar-refractivity contribution is 0.192. The summed E-state index contributed by atoms with van der Waals surface area (Å²) in [4.78, 5) is 4.07. The number of nitrogens with zero attached hydrogens (tertiary/aromatic N) is 1. The Balaban J connectivity index is 2.16. The molecule has 0 saturated carbocycles. The van der Waals surface area contributed by atoms with Gasteiger partial charge in [-0.2, -0.15) is 0 Å². The topological polar surface area (TPSA) is 34.6 Å². The first-order valence-corrected chi connectivity index (χ1v) is 4.12. The Morgan fingerprint density at radius 3 is 3.25 bits per heavy atom. The van der Waals surface area contributed by atoms with E-state index in [1.54, 1.807) is 6.20 Å². The molecule has 1 aromatic heterocycles. The van der Waals surface area contributed by atoms with E-state index in [1.807, 2.05) is 12.3 Å². The van der Waals surface area contributed by atoms with Crippen LogP contribution in [-0.2, 0) is 10.3 Å². The van der Waals surface area contributed by atoms with Crippen LogP contribution in [0.15, 0.2) is 18.5 Å². The van der Waals surface area contributed by atoms with E-state index in [2.05, 4.69) is 4.98 Å². The van der Waals surface area contributed by atoms with Gasteiger partial charge in [-0.15, -0.1) is 0 Å². The Bertz CT molecular complexity index is 320. The molecular formula is C9H9NO2. The number of aromatic nitrogens is 1. The predicted molar refractivity (Wildman–Crippen MR) is 42.0 cm³/mol. The first kappa shape index (κ1) is 6.43. The van der Waals surface area contributed by atoms with Crippen LogP contribution in [-0.4, -0.2) is 18.2 Å². The lowest BCUT2D eigenvalue weighted by Gasteiger charge is -2.21. The summed E-state index contributed by atoms with van der Waals surface area (Å²) in [5.74, 6) is 0.939. The molecule has 0 aliphatic carbocycles. The second-order valence-corrected chi connectivity index (χ2v) is 3.25. The number of hydrogen-bond acceptors (Lipinski definition) is 3. The highest BCUT2D eigenvalue weighted by Crippen LogP contribution is 2.47. The molecule has 0 radical (unpaired) electrons. The molecule has 2 aliphatic rings. The number of hydrogen-bond donors (Lipinski definition) is 0. The van der Waals surface area contributed by atoms with Gasteiger partial charge in [0.2, 0.25) is 0 Å². The van der Waals surface area contributed by atoms with E-state index in [0.717, 1.165) is 30.9 Å². The average molecular weight is 163 g/mol. The van der Waals surface area contributed by atoms with Crippen molar-refractivity contribution in [2.75, 3.05) is 13.2 Å². The summed E-state index contributed by atoms with van der Waals surface area (Å²) >= 11 is 0. The first-order chi connectivity index (χ1) is 5.91. The molecule has 1 unspecified atom stereocenters. The van der Waals surface area contributed by atoms with E-state index < -0.39 is 0 Å². The molecule has 3 heterocycles. The van der Waals surface area contributed by atoms with Gasteiger partial charge in [0.1, 0.15) is 11.4 Å². The van der Waals surface area contributed by atoms with Crippen molar-refractivity contribution in [3.05, 3.63) is 24.0 Å². The van der Waals surface area contributed by atoms with Gasteiger partial charge in [-0.1, -0.05) is 0 Å². The van der Waals surface area contributed by atoms with Gasteiger partial charge in [0.05, 0.1) is 13.2 Å². The molecule has 3 nitrogen and oxygen atoms in total. The second kappa shape index (κ2) is 1.98. The van der Waals surface area contributed by atoms with Gasteiger partial charge in [0.25, 0.3) is 0 Å². The average Bonchev–Trinajstić information content (AvgIpc) is 2.87. The summed E-state index contributed by atoms with van der Waals surface area (Å²) < 4.78 is 10.9. The van der Waals surface area contributed by atoms with Crippen LogP contribution in [0.1, 0.15) is 12.0 Å². The Morgan fingerprint density at radius 2 is 2.42 bits per heavy atom. The molecule has 1 spiro atoms. The minimum absolute atomic E-state index is 0.0259. The lowest BCUT2D eigenvalue weighted by atomic mass is 9.96. The van der Waals surface area contributed by atoms with Crippen LogP contribution in [0, 0.1) is 0 Å². The number of ether oxygens (including phenoxy) is 2. The number of rotatable bonds is 0. The Morgan fingerprint density at radius 1 is 1.50 bits per heavy atom. The molecular weight excluding hydrogens is 154 g/mol. The van der Waals surface area contributed by atoms with Gasteiger partial charge in [-0.3, -0.25) is 4.98 Å². The van der Waals surface area contributed by atoms with Crippen molar-refractivity contribution in [1.29, 1.82) is 0 Å². The van der Waals surface area contributed by atoms with Crippen LogP contribution in [0.3, 0.4) is 0 Å². The summed E-state index contributed by atoms with van der Waals surface area (Å²) in [7, 11) is 0. The Kier molecular flexibility index (Phi) is 1.06. The Hall–Kier alpha value is -1.09. The van der Waals surface area contributed by atoms with Crippen molar-refractivity contribution < 1.29 is 9.47 Å². The maximum atomic E-state index is 5.48. The van der Waals surface area contributed by atoms with Crippen LogP contribution >= 0.6 is 0 Å². The van der Waals surface area contributed by atoms with Crippen LogP contribution in [0.25, 0.3) is 0 Å². The maximum absolute atomic E-state index is 5.48. The molecule has 62 valence electrons. The molecule has 0 amide bonds. The molecule has 0 aromatic carbocycles. The van der Waals surface area contributed by atoms with E-state index in [1.165, 1.54) is 0 Å². The fraction of sp³-hybridized carbons (Fsp3) is 0.444. The molecule has 0 bridgehead atoms. The summed E-state index contributed by atoms with van der Waals surface area (Å²) in [5.41, 5.74) is 1.10. The SMILES string of the molecule is c1cc2c(cn1)C1(CCO2)CO1. The van der Waals surface area contributed by atoms with Gasteiger partial charge >= 0.3 is 0 Å². The van der Waals surface area contributed by atoms with Crippen LogP contribution in [0.2, 0.25) is 0 Å². The minimum Gasteiger partial charge on any atom is -0.493 e. The summed E-state index contributed by atoms with van der Waals surface area (Å²) in [6.45, 7) is 1.59. The first-order valence-electron chi connectivity index (χ1n) is 4.12. The highest BCUT2D eigenvalue weighted by molar-refractivity contribution is 5.39. The highest BCUT2D eigenvalue weighted by atomic mass is 16.6. The summed E-state index contributed by atoms with van der Waals surface area (Å²) in [6.07, 6.45) is 4.56. The fourth-order valence-corrected chi connectivity index (χ4v) is 1.70. The molecule has 3 rings (SSSR count). The molecule has 1 aromatic rings. The second-order valence-electron chi connectivity index (χ2n) is 3.25. The lowest BCUT2D eigenvalue weighted by Crippen LogP contribution is -2.21. The van der Waals surface area contributed by atoms with E-state index in [0.29, 0.717) is 0 Å². The Labute approximate surface area is 70.3 Å². The van der Waals surface area contributed by atoms with Crippen molar-refractivity contribution >= 4 is 0 Å². The molecule has 1 fully saturated rings. The zero-order chi connectivity index (χ0) is 8.02. The minimum atomic E-state index is -0.0259. The van der Waals surface area contributed by atoms with Gasteiger partial charge < -0.3 is 9.47 Å². The van der Waals surface area contributed by atoms with Crippen molar-refractivity contribution in [2.24, 2.45) is 0 Å². The van der Waals surface area contributed by atoms with E-state index >= 15 is 0 Å². The zero-order valence-electron chi connectivity index (χ0n) is 6.62. The molecule has 12 heavy (non-hydrogen) atoms. The fourth-order valence-electron chi connectivity index (χ4n) is 1.70. The van der Waals surface area contributed by atoms with Crippen molar-refractivity contribution in [1.82, 2.24) is 4.98 Å². The molecule has 1 saturated heterocycles. The molecule has 3 heteroatoms. The normalized spacial score (nSPS) is 31.0. The smallest absolute Gasteiger partial charge is 0.128 e. The van der Waals surface area contributed by atoms with Crippen LogP contribution < -0.4 is 4.74 Å². The quantitative estimate of drug-likeness (QED) is 0.537. The van der Waals surface area contributed by atoms with Gasteiger partial charge in [-0.05, 0) is 6.07 Å². The highest BCUT2D eigenvalue weighted by Gasteiger charge is 2.50. The molecule has 0 N–H and O–H groups in total. The van der Waals surface area contributed by atoms with Gasteiger partial charge in [-0.25, -0.2) is 0 Å². The number of epoxide rings is 1. The largest absolute Gasteiger partial charge is 0.493 e. The van der Waals surface area contributed by atoms with Crippen LogP contribution in [0.4, 0.5) is 0 Å². The van der Waals surface area contributed by atoms with Crippen LogP contribution in [0.5, 0.6) is 5.75 Å². The predicted octanol–water partition coefficient (Wildman–Crippen LogP) is 1.09. The number of pyridine rings is 1. The van der Waals surface area contributed by atoms with Crippen molar-refractivity contribution in [3.63, 3.8) is 0 Å². The third-order valence-electron chi connectivity index (χ3n) is 2.53. The summed E-state index contributed by atoms with van der Waals surface area (Å²) in [6, 6.07) is 1.90. The maximum Gasteiger partial charge on any atom is 0.128 e. The van der Waals surface area contributed by atoms with Gasteiger partial charge in [0, 0.05) is 24.4 Å². The molecule has 2 aliphatic heterocycles. The van der Waals surface area contributed by atoms with E-state index in [9.17, 15) is 0 Å². The zero-order valence-corrected chi connectivity index (χ0v) is 6.62. The van der Waals surface area contributed by atoms with E-state index in [-0.39, 0.29) is 5.60 Å². The number of fused-ring (bicyclic) bond motifs is 2. The van der Waals surface area contributed by atoms with Crippen molar-refractivity contribution in [3.8, 4) is 5.75 Å².